The predicted molar refractivity (Wildman–Crippen MR) is 96.6 cm³/mol. The Labute approximate surface area is 163 Å². The van der Waals surface area contributed by atoms with Crippen molar-refractivity contribution in [1.29, 1.82) is 0 Å². The molecule has 3 aromatic rings. The van der Waals surface area contributed by atoms with E-state index in [1.54, 1.807) is 12.3 Å². The molecule has 29 heavy (non-hydrogen) atoms. The molecule has 0 unspecified atom stereocenters. The van der Waals surface area contributed by atoms with E-state index in [4.69, 9.17) is 0 Å². The summed E-state index contributed by atoms with van der Waals surface area (Å²) < 4.78 is 65.4. The maximum atomic E-state index is 13.9. The van der Waals surface area contributed by atoms with Crippen LogP contribution in [0.4, 0.5) is 22.0 Å². The Morgan fingerprint density at radius 1 is 1.00 bits per heavy atom. The van der Waals surface area contributed by atoms with Crippen LogP contribution in [-0.2, 0) is 25.7 Å². The van der Waals surface area contributed by atoms with Gasteiger partial charge in [0.25, 0.3) is 0 Å². The number of halogens is 5. The molecule has 0 fully saturated rings. The van der Waals surface area contributed by atoms with Gasteiger partial charge in [-0.1, -0.05) is 24.3 Å². The second-order valence-corrected chi connectivity index (χ2v) is 6.91. The van der Waals surface area contributed by atoms with Gasteiger partial charge in [-0.2, -0.15) is 13.2 Å². The summed E-state index contributed by atoms with van der Waals surface area (Å²) >= 11 is 0. The molecule has 150 valence electrons. The van der Waals surface area contributed by atoms with Gasteiger partial charge >= 0.3 is 6.18 Å². The standard InChI is InChI=1S/C21H16F5N3/c22-17-3-1-2-14(19(17)23)11-29-9-8-18-15(12-29)10-27-20(28-18)13-4-6-16(7-5-13)21(24,25)26/h1-7,10H,8-9,11-12H2. The molecule has 1 aromatic heterocycles. The summed E-state index contributed by atoms with van der Waals surface area (Å²) in [5.74, 6) is -1.35. The molecule has 0 saturated carbocycles. The van der Waals surface area contributed by atoms with Crippen molar-refractivity contribution in [2.75, 3.05) is 6.54 Å². The Balaban J connectivity index is 1.50. The van der Waals surface area contributed by atoms with E-state index in [-0.39, 0.29) is 12.1 Å². The summed E-state index contributed by atoms with van der Waals surface area (Å²) in [6, 6.07) is 8.84. The summed E-state index contributed by atoms with van der Waals surface area (Å²) in [5, 5.41) is 0. The molecule has 0 atom stereocenters. The van der Waals surface area contributed by atoms with Crippen molar-refractivity contribution in [1.82, 2.24) is 14.9 Å². The molecule has 0 amide bonds. The lowest BCUT2D eigenvalue weighted by molar-refractivity contribution is -0.137. The van der Waals surface area contributed by atoms with Gasteiger partial charge in [-0.25, -0.2) is 18.7 Å². The molecule has 3 nitrogen and oxygen atoms in total. The number of alkyl halides is 3. The molecule has 2 heterocycles. The quantitative estimate of drug-likeness (QED) is 0.575. The normalized spacial score (nSPS) is 14.7. The van der Waals surface area contributed by atoms with E-state index in [0.717, 1.165) is 29.5 Å². The number of nitrogens with zero attached hydrogens (tertiary/aromatic N) is 3. The Bertz CT molecular complexity index is 1030. The van der Waals surface area contributed by atoms with Crippen LogP contribution >= 0.6 is 0 Å². The van der Waals surface area contributed by atoms with E-state index < -0.39 is 23.4 Å². The minimum absolute atomic E-state index is 0.268. The molecular formula is C21H16F5N3. The molecule has 0 bridgehead atoms. The summed E-state index contributed by atoms with van der Waals surface area (Å²) in [5.41, 5.74) is 1.75. The molecule has 0 aliphatic carbocycles. The van der Waals surface area contributed by atoms with Crippen LogP contribution in [0.3, 0.4) is 0 Å². The van der Waals surface area contributed by atoms with Gasteiger partial charge in [0.05, 0.1) is 11.3 Å². The van der Waals surface area contributed by atoms with Gasteiger partial charge in [0, 0.05) is 48.9 Å². The van der Waals surface area contributed by atoms with Crippen molar-refractivity contribution in [2.45, 2.75) is 25.7 Å². The third-order valence-corrected chi connectivity index (χ3v) is 4.91. The minimum Gasteiger partial charge on any atom is -0.294 e. The Kier molecular flexibility index (Phi) is 5.04. The molecule has 0 radical (unpaired) electrons. The molecule has 8 heteroatoms. The van der Waals surface area contributed by atoms with Crippen LogP contribution in [0.5, 0.6) is 0 Å². The lowest BCUT2D eigenvalue weighted by Gasteiger charge is -2.28. The van der Waals surface area contributed by atoms with E-state index in [9.17, 15) is 22.0 Å². The molecule has 1 aliphatic heterocycles. The van der Waals surface area contributed by atoms with Gasteiger partial charge in [0.2, 0.25) is 0 Å². The van der Waals surface area contributed by atoms with Crippen molar-refractivity contribution >= 4 is 0 Å². The fraction of sp³-hybridized carbons (Fsp3) is 0.238. The zero-order valence-corrected chi connectivity index (χ0v) is 15.2. The maximum absolute atomic E-state index is 13.9. The lowest BCUT2D eigenvalue weighted by atomic mass is 10.1. The molecule has 2 aromatic carbocycles. The van der Waals surface area contributed by atoms with Gasteiger partial charge in [-0.05, 0) is 18.2 Å². The fourth-order valence-corrected chi connectivity index (χ4v) is 3.37. The lowest BCUT2D eigenvalue weighted by Crippen LogP contribution is -2.31. The minimum atomic E-state index is -4.39. The van der Waals surface area contributed by atoms with Crippen molar-refractivity contribution < 1.29 is 22.0 Å². The van der Waals surface area contributed by atoms with Gasteiger partial charge in [0.1, 0.15) is 0 Å². The van der Waals surface area contributed by atoms with E-state index in [1.165, 1.54) is 18.2 Å². The number of aromatic nitrogens is 2. The highest BCUT2D eigenvalue weighted by Crippen LogP contribution is 2.30. The summed E-state index contributed by atoms with van der Waals surface area (Å²) in [6.07, 6.45) is -2.16. The second-order valence-electron chi connectivity index (χ2n) is 6.91. The molecule has 0 spiro atoms. The third-order valence-electron chi connectivity index (χ3n) is 4.91. The fourth-order valence-electron chi connectivity index (χ4n) is 3.37. The third kappa shape index (κ3) is 4.12. The monoisotopic (exact) mass is 405 g/mol. The highest BCUT2D eigenvalue weighted by atomic mass is 19.4. The number of benzene rings is 2. The van der Waals surface area contributed by atoms with Crippen molar-refractivity contribution in [3.05, 3.63) is 82.7 Å². The number of rotatable bonds is 3. The highest BCUT2D eigenvalue weighted by Gasteiger charge is 2.30. The number of hydrogen-bond acceptors (Lipinski definition) is 3. The zero-order valence-electron chi connectivity index (χ0n) is 15.2. The van der Waals surface area contributed by atoms with Crippen molar-refractivity contribution in [3.63, 3.8) is 0 Å². The summed E-state index contributed by atoms with van der Waals surface area (Å²) in [7, 11) is 0. The van der Waals surface area contributed by atoms with Crippen LogP contribution in [0.15, 0.2) is 48.7 Å². The average Bonchev–Trinajstić information content (AvgIpc) is 2.70. The van der Waals surface area contributed by atoms with Crippen LogP contribution in [-0.4, -0.2) is 21.4 Å². The average molecular weight is 405 g/mol. The van der Waals surface area contributed by atoms with Gasteiger partial charge in [-0.3, -0.25) is 4.90 Å². The second kappa shape index (κ2) is 7.51. The van der Waals surface area contributed by atoms with E-state index >= 15 is 0 Å². The Hall–Kier alpha value is -2.87. The predicted octanol–water partition coefficient (Wildman–Crippen LogP) is 5.00. The van der Waals surface area contributed by atoms with Crippen molar-refractivity contribution in [3.8, 4) is 11.4 Å². The molecule has 1 aliphatic rings. The van der Waals surface area contributed by atoms with Gasteiger partial charge in [0.15, 0.2) is 17.5 Å². The van der Waals surface area contributed by atoms with Crippen LogP contribution in [0.2, 0.25) is 0 Å². The summed E-state index contributed by atoms with van der Waals surface area (Å²) in [4.78, 5) is 10.7. The Morgan fingerprint density at radius 2 is 1.76 bits per heavy atom. The van der Waals surface area contributed by atoms with Gasteiger partial charge in [-0.15, -0.1) is 0 Å². The van der Waals surface area contributed by atoms with Crippen LogP contribution in [0.1, 0.15) is 22.4 Å². The summed E-state index contributed by atoms with van der Waals surface area (Å²) in [6.45, 7) is 1.36. The van der Waals surface area contributed by atoms with E-state index in [1.807, 2.05) is 4.90 Å². The van der Waals surface area contributed by atoms with E-state index in [0.29, 0.717) is 30.9 Å². The zero-order chi connectivity index (χ0) is 20.6. The SMILES string of the molecule is Fc1cccc(CN2CCc3nc(-c4ccc(C(F)(F)F)cc4)ncc3C2)c1F. The van der Waals surface area contributed by atoms with Crippen LogP contribution in [0, 0.1) is 11.6 Å². The number of fused-ring (bicyclic) bond motifs is 1. The molecule has 0 saturated heterocycles. The molecule has 0 N–H and O–H groups in total. The number of hydrogen-bond donors (Lipinski definition) is 0. The first-order valence-electron chi connectivity index (χ1n) is 8.99. The largest absolute Gasteiger partial charge is 0.416 e. The van der Waals surface area contributed by atoms with E-state index in [2.05, 4.69) is 9.97 Å². The molecule has 4 rings (SSSR count). The molecular weight excluding hydrogens is 389 g/mol. The van der Waals surface area contributed by atoms with Gasteiger partial charge < -0.3 is 0 Å². The smallest absolute Gasteiger partial charge is 0.294 e. The highest BCUT2D eigenvalue weighted by molar-refractivity contribution is 5.56. The Morgan fingerprint density at radius 3 is 2.48 bits per heavy atom. The first-order chi connectivity index (χ1) is 13.8. The topological polar surface area (TPSA) is 29.0 Å². The maximum Gasteiger partial charge on any atom is 0.416 e. The first-order valence-corrected chi connectivity index (χ1v) is 8.99. The first kappa shape index (κ1) is 19.4. The van der Waals surface area contributed by atoms with Crippen LogP contribution in [0.25, 0.3) is 11.4 Å². The van der Waals surface area contributed by atoms with Crippen molar-refractivity contribution in [2.24, 2.45) is 0 Å². The van der Waals surface area contributed by atoms with Crippen LogP contribution < -0.4 is 0 Å².